The van der Waals surface area contributed by atoms with E-state index in [-0.39, 0.29) is 35.1 Å². The van der Waals surface area contributed by atoms with E-state index in [2.05, 4.69) is 46.1 Å². The summed E-state index contributed by atoms with van der Waals surface area (Å²) in [6, 6.07) is 8.13. The van der Waals surface area contributed by atoms with E-state index in [9.17, 15) is 8.42 Å². The Morgan fingerprint density at radius 3 is 2.46 bits per heavy atom. The van der Waals surface area contributed by atoms with Crippen LogP contribution in [0.15, 0.2) is 33.7 Å². The molecular formula is C18H31BrIN3O2S. The summed E-state index contributed by atoms with van der Waals surface area (Å²) in [5.74, 6) is 1.02. The van der Waals surface area contributed by atoms with Crippen LogP contribution in [0.4, 0.5) is 0 Å². The maximum atomic E-state index is 11.4. The number of halogens is 2. The number of aliphatic imine (C=N–C) groups is 1. The maximum Gasteiger partial charge on any atom is 0.193 e. The van der Waals surface area contributed by atoms with Crippen molar-refractivity contribution in [2.24, 2.45) is 10.4 Å². The molecule has 0 bridgehead atoms. The highest BCUT2D eigenvalue weighted by atomic mass is 127. The quantitative estimate of drug-likeness (QED) is 0.298. The molecule has 150 valence electrons. The first kappa shape index (κ1) is 25.6. The highest BCUT2D eigenvalue weighted by Gasteiger charge is 2.20. The molecular weight excluding hydrogens is 529 g/mol. The molecule has 0 aliphatic carbocycles. The van der Waals surface area contributed by atoms with Crippen LogP contribution in [0, 0.1) is 5.41 Å². The lowest BCUT2D eigenvalue weighted by atomic mass is 9.90. The van der Waals surface area contributed by atoms with Gasteiger partial charge in [0.05, 0.1) is 5.75 Å². The molecule has 1 aromatic carbocycles. The maximum absolute atomic E-state index is 11.4. The van der Waals surface area contributed by atoms with Crippen molar-refractivity contribution >= 4 is 55.7 Å². The third kappa shape index (κ3) is 10.1. The van der Waals surface area contributed by atoms with Crippen LogP contribution in [-0.2, 0) is 16.4 Å². The van der Waals surface area contributed by atoms with Crippen molar-refractivity contribution in [3.8, 4) is 0 Å². The Morgan fingerprint density at radius 2 is 1.92 bits per heavy atom. The third-order valence-electron chi connectivity index (χ3n) is 3.87. The largest absolute Gasteiger partial charge is 0.357 e. The number of hydrogen-bond donors (Lipinski definition) is 1. The van der Waals surface area contributed by atoms with Crippen LogP contribution in [0.2, 0.25) is 0 Å². The van der Waals surface area contributed by atoms with Gasteiger partial charge < -0.3 is 10.2 Å². The number of nitrogens with one attached hydrogen (secondary N) is 1. The monoisotopic (exact) mass is 559 g/mol. The van der Waals surface area contributed by atoms with Crippen molar-refractivity contribution in [3.05, 3.63) is 34.3 Å². The van der Waals surface area contributed by atoms with Crippen LogP contribution in [0.5, 0.6) is 0 Å². The second-order valence-corrected chi connectivity index (χ2v) is 10.3. The fraction of sp³-hybridized carbons (Fsp3) is 0.611. The molecule has 0 amide bonds. The Labute approximate surface area is 184 Å². The van der Waals surface area contributed by atoms with Gasteiger partial charge in [0.15, 0.2) is 5.96 Å². The molecule has 0 atom stereocenters. The zero-order valence-electron chi connectivity index (χ0n) is 16.3. The molecule has 0 spiro atoms. The minimum absolute atomic E-state index is 0. The van der Waals surface area contributed by atoms with E-state index < -0.39 is 9.84 Å². The van der Waals surface area contributed by atoms with E-state index in [4.69, 9.17) is 4.99 Å². The minimum atomic E-state index is -2.95. The Morgan fingerprint density at radius 1 is 1.31 bits per heavy atom. The molecule has 5 nitrogen and oxygen atoms in total. The highest BCUT2D eigenvalue weighted by Crippen LogP contribution is 2.22. The van der Waals surface area contributed by atoms with Gasteiger partial charge in [-0.15, -0.1) is 24.0 Å². The first-order valence-electron chi connectivity index (χ1n) is 8.44. The minimum Gasteiger partial charge on any atom is -0.357 e. The summed E-state index contributed by atoms with van der Waals surface area (Å²) in [4.78, 5) is 6.81. The van der Waals surface area contributed by atoms with E-state index >= 15 is 0 Å². The molecule has 0 saturated heterocycles. The standard InChI is InChI=1S/C18H30BrN3O2S.HI/c1-6-20-17(21-14-18(2,3)11-12-25(5,23)24)22(4)13-15-9-7-8-10-16(15)19;/h7-10H,6,11-14H2,1-5H3,(H,20,21);1H. The molecule has 0 aliphatic rings. The van der Waals surface area contributed by atoms with Gasteiger partial charge in [-0.1, -0.05) is 48.0 Å². The number of nitrogens with zero attached hydrogens (tertiary/aromatic N) is 2. The third-order valence-corrected chi connectivity index (χ3v) is 5.59. The predicted molar refractivity (Wildman–Crippen MR) is 125 cm³/mol. The van der Waals surface area contributed by atoms with E-state index in [0.717, 1.165) is 23.5 Å². The van der Waals surface area contributed by atoms with Crippen LogP contribution in [-0.4, -0.2) is 51.4 Å². The lowest BCUT2D eigenvalue weighted by Gasteiger charge is -2.26. The summed E-state index contributed by atoms with van der Waals surface area (Å²) in [5.41, 5.74) is 1.02. The summed E-state index contributed by atoms with van der Waals surface area (Å²) in [6.07, 6.45) is 1.88. The number of guanidine groups is 1. The van der Waals surface area contributed by atoms with Gasteiger partial charge in [-0.3, -0.25) is 4.99 Å². The van der Waals surface area contributed by atoms with Crippen LogP contribution in [0.1, 0.15) is 32.8 Å². The Hall–Kier alpha value is -0.350. The molecule has 0 aliphatic heterocycles. The summed E-state index contributed by atoms with van der Waals surface area (Å²) >= 11 is 3.58. The van der Waals surface area contributed by atoms with Crippen molar-refractivity contribution < 1.29 is 8.42 Å². The summed E-state index contributed by atoms with van der Waals surface area (Å²) in [7, 11) is -0.943. The molecule has 1 N–H and O–H groups in total. The van der Waals surface area contributed by atoms with Crippen LogP contribution >= 0.6 is 39.9 Å². The number of sulfone groups is 1. The lowest BCUT2D eigenvalue weighted by molar-refractivity contribution is 0.361. The average Bonchev–Trinajstić information content (AvgIpc) is 2.51. The van der Waals surface area contributed by atoms with E-state index in [1.807, 2.05) is 32.2 Å². The number of hydrogen-bond acceptors (Lipinski definition) is 3. The van der Waals surface area contributed by atoms with E-state index in [0.29, 0.717) is 13.0 Å². The van der Waals surface area contributed by atoms with Crippen molar-refractivity contribution in [1.82, 2.24) is 10.2 Å². The van der Waals surface area contributed by atoms with Gasteiger partial charge in [-0.05, 0) is 30.4 Å². The summed E-state index contributed by atoms with van der Waals surface area (Å²) in [6.45, 7) is 8.24. The van der Waals surface area contributed by atoms with Crippen molar-refractivity contribution in [1.29, 1.82) is 0 Å². The predicted octanol–water partition coefficient (Wildman–Crippen LogP) is 3.93. The van der Waals surface area contributed by atoms with Gasteiger partial charge in [-0.2, -0.15) is 0 Å². The first-order chi connectivity index (χ1) is 11.5. The second-order valence-electron chi connectivity index (χ2n) is 7.16. The molecule has 0 fully saturated rings. The SMILES string of the molecule is CCNC(=NCC(C)(C)CCS(C)(=O)=O)N(C)Cc1ccccc1Br.I. The van der Waals surface area contributed by atoms with Gasteiger partial charge >= 0.3 is 0 Å². The fourth-order valence-electron chi connectivity index (χ4n) is 2.26. The Bertz CT molecular complexity index is 693. The van der Waals surface area contributed by atoms with Crippen molar-refractivity contribution in [2.75, 3.05) is 32.1 Å². The van der Waals surface area contributed by atoms with Crippen molar-refractivity contribution in [3.63, 3.8) is 0 Å². The lowest BCUT2D eigenvalue weighted by Crippen LogP contribution is -2.39. The normalized spacial score (nSPS) is 12.5. The zero-order valence-corrected chi connectivity index (χ0v) is 21.0. The van der Waals surface area contributed by atoms with Crippen molar-refractivity contribution in [2.45, 2.75) is 33.7 Å². The first-order valence-corrected chi connectivity index (χ1v) is 11.3. The molecule has 1 rings (SSSR count). The zero-order chi connectivity index (χ0) is 19.1. The summed E-state index contributed by atoms with van der Waals surface area (Å²) < 4.78 is 23.9. The second kappa shape index (κ2) is 11.5. The Kier molecular flexibility index (Phi) is 11.3. The molecule has 1 aromatic rings. The van der Waals surface area contributed by atoms with Gasteiger partial charge in [0, 0.05) is 37.4 Å². The number of benzene rings is 1. The fourth-order valence-corrected chi connectivity index (χ4v) is 3.59. The molecule has 0 heterocycles. The van der Waals surface area contributed by atoms with Crippen LogP contribution in [0.3, 0.4) is 0 Å². The molecule has 0 radical (unpaired) electrons. The number of rotatable bonds is 8. The van der Waals surface area contributed by atoms with Crippen LogP contribution < -0.4 is 5.32 Å². The van der Waals surface area contributed by atoms with E-state index in [1.54, 1.807) is 0 Å². The molecule has 0 saturated carbocycles. The highest BCUT2D eigenvalue weighted by molar-refractivity contribution is 14.0. The van der Waals surface area contributed by atoms with Gasteiger partial charge in [0.25, 0.3) is 0 Å². The molecule has 26 heavy (non-hydrogen) atoms. The molecule has 0 unspecified atom stereocenters. The average molecular weight is 560 g/mol. The van der Waals surface area contributed by atoms with Gasteiger partial charge in [0.1, 0.15) is 9.84 Å². The Balaban J connectivity index is 0.00000625. The van der Waals surface area contributed by atoms with Crippen LogP contribution in [0.25, 0.3) is 0 Å². The van der Waals surface area contributed by atoms with Gasteiger partial charge in [-0.25, -0.2) is 8.42 Å². The van der Waals surface area contributed by atoms with Gasteiger partial charge in [0.2, 0.25) is 0 Å². The summed E-state index contributed by atoms with van der Waals surface area (Å²) in [5, 5.41) is 3.31. The van der Waals surface area contributed by atoms with E-state index in [1.165, 1.54) is 11.8 Å². The smallest absolute Gasteiger partial charge is 0.193 e. The molecule has 8 heteroatoms. The topological polar surface area (TPSA) is 61.8 Å². The molecule has 0 aromatic heterocycles.